The average Bonchev–Trinajstić information content (AvgIpc) is 3.02. The van der Waals surface area contributed by atoms with E-state index >= 15 is 0 Å². The Balaban J connectivity index is 1.63. The Hall–Kier alpha value is -1.92. The van der Waals surface area contributed by atoms with Crippen LogP contribution in [0.25, 0.3) is 0 Å². The first-order chi connectivity index (χ1) is 11.0. The van der Waals surface area contributed by atoms with Crippen LogP contribution in [0.1, 0.15) is 25.1 Å². The molecule has 0 aliphatic carbocycles. The van der Waals surface area contributed by atoms with Gasteiger partial charge in [-0.05, 0) is 37.3 Å². The van der Waals surface area contributed by atoms with Gasteiger partial charge in [-0.2, -0.15) is 0 Å². The highest BCUT2D eigenvalue weighted by Gasteiger charge is 2.29. The summed E-state index contributed by atoms with van der Waals surface area (Å²) in [5.74, 6) is 0.295. The van der Waals surface area contributed by atoms with Crippen molar-refractivity contribution < 1.29 is 14.0 Å². The largest absolute Gasteiger partial charge is 0.467 e. The van der Waals surface area contributed by atoms with E-state index in [2.05, 4.69) is 10.6 Å². The number of furan rings is 1. The number of nitrogens with one attached hydrogen (secondary N) is 2. The molecule has 23 heavy (non-hydrogen) atoms. The van der Waals surface area contributed by atoms with Crippen LogP contribution in [-0.4, -0.2) is 17.1 Å². The van der Waals surface area contributed by atoms with Gasteiger partial charge in [0.2, 0.25) is 11.8 Å². The fraction of sp³-hybridized carbons (Fsp3) is 0.250. The summed E-state index contributed by atoms with van der Waals surface area (Å²) in [6, 6.07) is 8.65. The second-order valence-electron chi connectivity index (χ2n) is 5.24. The van der Waals surface area contributed by atoms with Gasteiger partial charge in [0.05, 0.1) is 23.2 Å². The molecule has 0 bridgehead atoms. The van der Waals surface area contributed by atoms with Crippen molar-refractivity contribution in [3.05, 3.63) is 47.4 Å². The van der Waals surface area contributed by atoms with Crippen molar-refractivity contribution in [2.75, 3.05) is 5.32 Å². The normalized spacial score (nSPS) is 18.0. The third kappa shape index (κ3) is 3.71. The fourth-order valence-electron chi connectivity index (χ4n) is 2.33. The van der Waals surface area contributed by atoms with Gasteiger partial charge in [-0.25, -0.2) is 0 Å². The lowest BCUT2D eigenvalue weighted by Crippen LogP contribution is -2.35. The molecule has 2 aromatic rings. The van der Waals surface area contributed by atoms with Crippen LogP contribution in [0.4, 0.5) is 5.69 Å². The van der Waals surface area contributed by atoms with Crippen molar-refractivity contribution in [1.82, 2.24) is 5.32 Å². The highest BCUT2D eigenvalue weighted by atomic mass is 35.5. The lowest BCUT2D eigenvalue weighted by Gasteiger charge is -2.24. The molecule has 0 saturated carbocycles. The molecule has 2 heterocycles. The third-order valence-electron chi connectivity index (χ3n) is 3.48. The highest BCUT2D eigenvalue weighted by Crippen LogP contribution is 2.38. The number of fused-ring (bicyclic) bond motifs is 1. The van der Waals surface area contributed by atoms with Crippen LogP contribution in [0.2, 0.25) is 5.02 Å². The SMILES string of the molecule is C[C@H](NC(=O)C[C@H]1Sc2ccc(Cl)cc2NC1=O)c1ccco1. The summed E-state index contributed by atoms with van der Waals surface area (Å²) >= 11 is 7.29. The van der Waals surface area contributed by atoms with Gasteiger partial charge in [0.25, 0.3) is 0 Å². The first-order valence-electron chi connectivity index (χ1n) is 7.13. The molecule has 120 valence electrons. The van der Waals surface area contributed by atoms with E-state index < -0.39 is 5.25 Å². The summed E-state index contributed by atoms with van der Waals surface area (Å²) in [6.45, 7) is 1.84. The minimum atomic E-state index is -0.465. The standard InChI is InChI=1S/C16H15ClN2O3S/c1-9(12-3-2-6-22-12)18-15(20)8-14-16(21)19-11-7-10(17)4-5-13(11)23-14/h2-7,9,14H,8H2,1H3,(H,18,20)(H,19,21)/t9-,14+/m0/s1. The van der Waals surface area contributed by atoms with E-state index in [0.717, 1.165) is 4.90 Å². The predicted octanol–water partition coefficient (Wildman–Crippen LogP) is 3.61. The molecule has 1 aliphatic rings. The van der Waals surface area contributed by atoms with Crippen LogP contribution in [0, 0.1) is 0 Å². The van der Waals surface area contributed by atoms with Gasteiger partial charge >= 0.3 is 0 Å². The number of carbonyl (C=O) groups excluding carboxylic acids is 2. The first kappa shape index (κ1) is 16.0. The summed E-state index contributed by atoms with van der Waals surface area (Å²) in [5, 5.41) is 5.73. The summed E-state index contributed by atoms with van der Waals surface area (Å²) in [4.78, 5) is 25.2. The fourth-order valence-corrected chi connectivity index (χ4v) is 3.60. The number of thioether (sulfide) groups is 1. The maximum Gasteiger partial charge on any atom is 0.238 e. The van der Waals surface area contributed by atoms with Crippen LogP contribution in [-0.2, 0) is 9.59 Å². The predicted molar refractivity (Wildman–Crippen MR) is 89.6 cm³/mol. The molecule has 0 unspecified atom stereocenters. The molecular formula is C16H15ClN2O3S. The van der Waals surface area contributed by atoms with Gasteiger partial charge in [-0.15, -0.1) is 11.8 Å². The number of amides is 2. The molecule has 5 nitrogen and oxygen atoms in total. The number of hydrogen-bond acceptors (Lipinski definition) is 4. The van der Waals surface area contributed by atoms with Crippen molar-refractivity contribution in [1.29, 1.82) is 0 Å². The smallest absolute Gasteiger partial charge is 0.238 e. The second-order valence-corrected chi connectivity index (χ2v) is 6.93. The molecule has 2 atom stereocenters. The maximum atomic E-state index is 12.2. The van der Waals surface area contributed by atoms with Crippen molar-refractivity contribution >= 4 is 40.9 Å². The summed E-state index contributed by atoms with van der Waals surface area (Å²) < 4.78 is 5.25. The lowest BCUT2D eigenvalue weighted by molar-refractivity contribution is -0.124. The van der Waals surface area contributed by atoms with Crippen LogP contribution in [0.15, 0.2) is 45.9 Å². The Bertz CT molecular complexity index is 733. The van der Waals surface area contributed by atoms with Crippen molar-refractivity contribution in [2.45, 2.75) is 29.5 Å². The van der Waals surface area contributed by atoms with E-state index in [1.54, 1.807) is 30.5 Å². The van der Waals surface area contributed by atoms with E-state index in [1.165, 1.54) is 11.8 Å². The van der Waals surface area contributed by atoms with Crippen molar-refractivity contribution in [3.63, 3.8) is 0 Å². The second kappa shape index (κ2) is 6.68. The number of halogens is 1. The Morgan fingerprint density at radius 3 is 3.04 bits per heavy atom. The molecule has 1 aliphatic heterocycles. The van der Waals surface area contributed by atoms with E-state index in [-0.39, 0.29) is 24.3 Å². The van der Waals surface area contributed by atoms with Crippen LogP contribution in [0.5, 0.6) is 0 Å². The molecule has 0 radical (unpaired) electrons. The summed E-state index contributed by atoms with van der Waals surface area (Å²) in [7, 11) is 0. The zero-order valence-electron chi connectivity index (χ0n) is 12.3. The van der Waals surface area contributed by atoms with Crippen LogP contribution in [0.3, 0.4) is 0 Å². The molecule has 0 fully saturated rings. The summed E-state index contributed by atoms with van der Waals surface area (Å²) in [5.41, 5.74) is 0.688. The Morgan fingerprint density at radius 1 is 1.48 bits per heavy atom. The van der Waals surface area contributed by atoms with Gasteiger partial charge in [0, 0.05) is 16.3 Å². The topological polar surface area (TPSA) is 71.3 Å². The first-order valence-corrected chi connectivity index (χ1v) is 8.38. The van der Waals surface area contributed by atoms with Crippen LogP contribution < -0.4 is 10.6 Å². The quantitative estimate of drug-likeness (QED) is 0.883. The van der Waals surface area contributed by atoms with E-state index in [0.29, 0.717) is 16.5 Å². The number of rotatable bonds is 4. The summed E-state index contributed by atoms with van der Waals surface area (Å²) in [6.07, 6.45) is 1.66. The van der Waals surface area contributed by atoms with Crippen molar-refractivity contribution in [2.24, 2.45) is 0 Å². The third-order valence-corrected chi connectivity index (χ3v) is 4.99. The van der Waals surface area contributed by atoms with E-state index in [1.807, 2.05) is 13.0 Å². The molecule has 7 heteroatoms. The van der Waals surface area contributed by atoms with Crippen molar-refractivity contribution in [3.8, 4) is 0 Å². The Kier molecular flexibility index (Phi) is 4.63. The van der Waals surface area contributed by atoms with Gasteiger partial charge in [0.15, 0.2) is 0 Å². The zero-order valence-corrected chi connectivity index (χ0v) is 13.9. The van der Waals surface area contributed by atoms with Gasteiger partial charge in [-0.1, -0.05) is 11.6 Å². The number of carbonyl (C=O) groups is 2. The molecule has 0 spiro atoms. The Labute approximate surface area is 142 Å². The van der Waals surface area contributed by atoms with E-state index in [9.17, 15) is 9.59 Å². The minimum Gasteiger partial charge on any atom is -0.467 e. The molecular weight excluding hydrogens is 336 g/mol. The minimum absolute atomic E-state index is 0.101. The number of benzene rings is 1. The lowest BCUT2D eigenvalue weighted by atomic mass is 10.2. The molecule has 2 N–H and O–H groups in total. The molecule has 0 saturated heterocycles. The monoisotopic (exact) mass is 350 g/mol. The molecule has 3 rings (SSSR count). The zero-order chi connectivity index (χ0) is 16.4. The van der Waals surface area contributed by atoms with Gasteiger partial charge < -0.3 is 15.1 Å². The molecule has 2 amide bonds. The number of hydrogen-bond donors (Lipinski definition) is 2. The highest BCUT2D eigenvalue weighted by molar-refractivity contribution is 8.01. The maximum absolute atomic E-state index is 12.2. The molecule has 1 aromatic carbocycles. The van der Waals surface area contributed by atoms with Gasteiger partial charge in [-0.3, -0.25) is 9.59 Å². The van der Waals surface area contributed by atoms with E-state index in [4.69, 9.17) is 16.0 Å². The van der Waals surface area contributed by atoms with Crippen LogP contribution >= 0.6 is 23.4 Å². The van der Waals surface area contributed by atoms with Gasteiger partial charge in [0.1, 0.15) is 5.76 Å². The molecule has 1 aromatic heterocycles. The average molecular weight is 351 g/mol. The Morgan fingerprint density at radius 2 is 2.30 bits per heavy atom. The number of anilines is 1.